The lowest BCUT2D eigenvalue weighted by Gasteiger charge is -2.20. The van der Waals surface area contributed by atoms with Gasteiger partial charge in [0, 0.05) is 17.3 Å². The van der Waals surface area contributed by atoms with Crippen LogP contribution in [0.25, 0.3) is 0 Å². The molecule has 0 radical (unpaired) electrons. The molecule has 0 aliphatic carbocycles. The maximum absolute atomic E-state index is 13.2. The molecule has 3 rings (SSSR count). The Labute approximate surface area is 185 Å². The number of methoxy groups -OCH3 is 1. The number of nitrogens with two attached hydrogens (primary N) is 1. The van der Waals surface area contributed by atoms with Crippen LogP contribution in [0.15, 0.2) is 60.7 Å². The van der Waals surface area contributed by atoms with Crippen molar-refractivity contribution >= 4 is 34.9 Å². The Morgan fingerprint density at radius 2 is 1.74 bits per heavy atom. The fourth-order valence-corrected chi connectivity index (χ4v) is 3.20. The number of carbonyl (C=O) groups is 2. The SMILES string of the molecule is COc1cc(N)c(Cl)cc1C(=O)OC(C(=O)Nc1cc(C)ccc1C)c1ccccc1. The smallest absolute Gasteiger partial charge is 0.343 e. The molecule has 7 heteroatoms. The van der Waals surface area contributed by atoms with Gasteiger partial charge in [0.2, 0.25) is 6.10 Å². The molecule has 3 N–H and O–H groups in total. The van der Waals surface area contributed by atoms with Crippen LogP contribution in [0.5, 0.6) is 5.75 Å². The highest BCUT2D eigenvalue weighted by atomic mass is 35.5. The van der Waals surface area contributed by atoms with Gasteiger partial charge in [-0.25, -0.2) is 4.79 Å². The minimum absolute atomic E-state index is 0.0715. The fraction of sp³-hybridized carbons (Fsp3) is 0.167. The van der Waals surface area contributed by atoms with E-state index < -0.39 is 18.0 Å². The molecule has 1 atom stereocenters. The average molecular weight is 439 g/mol. The van der Waals surface area contributed by atoms with Gasteiger partial charge in [-0.2, -0.15) is 0 Å². The highest BCUT2D eigenvalue weighted by Gasteiger charge is 2.28. The van der Waals surface area contributed by atoms with Crippen LogP contribution in [-0.4, -0.2) is 19.0 Å². The number of hydrogen-bond donors (Lipinski definition) is 2. The van der Waals surface area contributed by atoms with Crippen molar-refractivity contribution in [3.05, 3.63) is 87.9 Å². The standard InChI is InChI=1S/C24H23ClN2O4/c1-14-9-10-15(2)20(11-14)27-23(28)22(16-7-5-4-6-8-16)31-24(29)17-12-18(25)19(26)13-21(17)30-3/h4-13,22H,26H2,1-3H3,(H,27,28). The molecular formula is C24H23ClN2O4. The number of nitrogens with one attached hydrogen (secondary N) is 1. The summed E-state index contributed by atoms with van der Waals surface area (Å²) in [5.41, 5.74) is 9.19. The summed E-state index contributed by atoms with van der Waals surface area (Å²) in [5.74, 6) is -1.04. The lowest BCUT2D eigenvalue weighted by molar-refractivity contribution is -0.125. The fourth-order valence-electron chi connectivity index (χ4n) is 3.04. The number of hydrogen-bond acceptors (Lipinski definition) is 5. The minimum Gasteiger partial charge on any atom is -0.496 e. The summed E-state index contributed by atoms with van der Waals surface area (Å²) in [4.78, 5) is 26.1. The largest absolute Gasteiger partial charge is 0.496 e. The Morgan fingerprint density at radius 3 is 2.42 bits per heavy atom. The van der Waals surface area contributed by atoms with E-state index in [4.69, 9.17) is 26.8 Å². The van der Waals surface area contributed by atoms with Crippen LogP contribution < -0.4 is 15.8 Å². The molecule has 3 aromatic rings. The first-order valence-electron chi connectivity index (χ1n) is 9.57. The zero-order valence-corrected chi connectivity index (χ0v) is 18.2. The van der Waals surface area contributed by atoms with Crippen LogP contribution in [0, 0.1) is 13.8 Å². The number of anilines is 2. The third-order valence-corrected chi connectivity index (χ3v) is 5.08. The van der Waals surface area contributed by atoms with Gasteiger partial charge in [-0.15, -0.1) is 0 Å². The third kappa shape index (κ3) is 5.16. The maximum Gasteiger partial charge on any atom is 0.343 e. The van der Waals surface area contributed by atoms with Gasteiger partial charge >= 0.3 is 5.97 Å². The molecular weight excluding hydrogens is 416 g/mol. The van der Waals surface area contributed by atoms with E-state index in [0.29, 0.717) is 11.3 Å². The molecule has 1 amide bonds. The predicted molar refractivity (Wildman–Crippen MR) is 122 cm³/mol. The zero-order chi connectivity index (χ0) is 22.5. The number of halogens is 1. The van der Waals surface area contributed by atoms with Crippen LogP contribution in [0.1, 0.15) is 33.2 Å². The first-order chi connectivity index (χ1) is 14.8. The molecule has 0 bridgehead atoms. The molecule has 3 aromatic carbocycles. The van der Waals surface area contributed by atoms with Crippen molar-refractivity contribution in [1.82, 2.24) is 0 Å². The summed E-state index contributed by atoms with van der Waals surface area (Å²) in [6.45, 7) is 3.82. The summed E-state index contributed by atoms with van der Waals surface area (Å²) in [6, 6.07) is 17.3. The normalized spacial score (nSPS) is 11.5. The molecule has 160 valence electrons. The first kappa shape index (κ1) is 22.2. The molecule has 0 saturated carbocycles. The van der Waals surface area contributed by atoms with Gasteiger partial charge in [-0.05, 0) is 37.1 Å². The van der Waals surface area contributed by atoms with Crippen molar-refractivity contribution in [1.29, 1.82) is 0 Å². The minimum atomic E-state index is -1.19. The van der Waals surface area contributed by atoms with E-state index in [-0.39, 0.29) is 22.0 Å². The lowest BCUT2D eigenvalue weighted by atomic mass is 10.1. The van der Waals surface area contributed by atoms with Gasteiger partial charge < -0.3 is 20.5 Å². The predicted octanol–water partition coefficient (Wildman–Crippen LogP) is 5.08. The van der Waals surface area contributed by atoms with Gasteiger partial charge in [0.25, 0.3) is 5.91 Å². The Bertz CT molecular complexity index is 1120. The second kappa shape index (κ2) is 9.53. The van der Waals surface area contributed by atoms with Gasteiger partial charge in [-0.3, -0.25) is 4.79 Å². The summed E-state index contributed by atoms with van der Waals surface area (Å²) >= 11 is 6.07. The van der Waals surface area contributed by atoms with E-state index in [1.807, 2.05) is 38.1 Å². The van der Waals surface area contributed by atoms with E-state index in [9.17, 15) is 9.59 Å². The molecule has 0 fully saturated rings. The van der Waals surface area contributed by atoms with Crippen molar-refractivity contribution in [2.24, 2.45) is 0 Å². The molecule has 6 nitrogen and oxygen atoms in total. The van der Waals surface area contributed by atoms with Crippen molar-refractivity contribution < 1.29 is 19.1 Å². The van der Waals surface area contributed by atoms with Crippen LogP contribution in [-0.2, 0) is 9.53 Å². The van der Waals surface area contributed by atoms with E-state index in [0.717, 1.165) is 11.1 Å². The van der Waals surface area contributed by atoms with Crippen LogP contribution in [0.4, 0.5) is 11.4 Å². The Morgan fingerprint density at radius 1 is 1.03 bits per heavy atom. The maximum atomic E-state index is 13.2. The van der Waals surface area contributed by atoms with E-state index >= 15 is 0 Å². The monoisotopic (exact) mass is 438 g/mol. The number of carbonyl (C=O) groups excluding carboxylic acids is 2. The number of aryl methyl sites for hydroxylation is 2. The van der Waals surface area contributed by atoms with Crippen molar-refractivity contribution in [3.63, 3.8) is 0 Å². The van der Waals surface area contributed by atoms with Crippen LogP contribution >= 0.6 is 11.6 Å². The number of benzene rings is 3. The Hall–Kier alpha value is -3.51. The van der Waals surface area contributed by atoms with Gasteiger partial charge in [0.1, 0.15) is 11.3 Å². The number of esters is 1. The summed E-state index contributed by atoms with van der Waals surface area (Å²) < 4.78 is 10.9. The molecule has 31 heavy (non-hydrogen) atoms. The topological polar surface area (TPSA) is 90.7 Å². The summed E-state index contributed by atoms with van der Waals surface area (Å²) in [7, 11) is 1.40. The lowest BCUT2D eigenvalue weighted by Crippen LogP contribution is -2.26. The van der Waals surface area contributed by atoms with Crippen LogP contribution in [0.2, 0.25) is 5.02 Å². The van der Waals surface area contributed by atoms with Crippen LogP contribution in [0.3, 0.4) is 0 Å². The number of nitrogen functional groups attached to an aromatic ring is 1. The van der Waals surface area contributed by atoms with E-state index in [2.05, 4.69) is 5.32 Å². The Balaban J connectivity index is 1.93. The molecule has 0 aliphatic rings. The summed E-state index contributed by atoms with van der Waals surface area (Å²) in [6.07, 6.45) is -1.19. The molecule has 0 aromatic heterocycles. The highest BCUT2D eigenvalue weighted by Crippen LogP contribution is 2.31. The quantitative estimate of drug-likeness (QED) is 0.413. The molecule has 0 heterocycles. The van der Waals surface area contributed by atoms with Crippen molar-refractivity contribution in [3.8, 4) is 5.75 Å². The molecule has 0 aliphatic heterocycles. The zero-order valence-electron chi connectivity index (χ0n) is 17.4. The van der Waals surface area contributed by atoms with Crippen molar-refractivity contribution in [2.75, 3.05) is 18.2 Å². The van der Waals surface area contributed by atoms with E-state index in [1.165, 1.54) is 19.2 Å². The number of ether oxygens (including phenoxy) is 2. The molecule has 0 saturated heterocycles. The average Bonchev–Trinajstić information content (AvgIpc) is 2.76. The Kier molecular flexibility index (Phi) is 6.82. The second-order valence-corrected chi connectivity index (χ2v) is 7.48. The second-order valence-electron chi connectivity index (χ2n) is 7.08. The highest BCUT2D eigenvalue weighted by molar-refractivity contribution is 6.33. The first-order valence-corrected chi connectivity index (χ1v) is 9.95. The molecule has 1 unspecified atom stereocenters. The van der Waals surface area contributed by atoms with E-state index in [1.54, 1.807) is 24.3 Å². The van der Waals surface area contributed by atoms with Gasteiger partial charge in [-0.1, -0.05) is 54.1 Å². The molecule has 0 spiro atoms. The van der Waals surface area contributed by atoms with Gasteiger partial charge in [0.05, 0.1) is 17.8 Å². The van der Waals surface area contributed by atoms with Gasteiger partial charge in [0.15, 0.2) is 0 Å². The number of amides is 1. The van der Waals surface area contributed by atoms with Crippen molar-refractivity contribution in [2.45, 2.75) is 20.0 Å². The number of rotatable bonds is 6. The third-order valence-electron chi connectivity index (χ3n) is 4.76. The summed E-state index contributed by atoms with van der Waals surface area (Å²) in [5, 5.41) is 3.05.